The second-order valence-electron chi connectivity index (χ2n) is 7.75. The molecule has 2 aliphatic rings. The summed E-state index contributed by atoms with van der Waals surface area (Å²) in [5.74, 6) is 0.564. The van der Waals surface area contributed by atoms with Crippen LogP contribution in [0, 0.1) is 0 Å². The monoisotopic (exact) mass is 421 g/mol. The Labute approximate surface area is 181 Å². The molecule has 4 rings (SSSR count). The number of fused-ring (bicyclic) bond motifs is 1. The van der Waals surface area contributed by atoms with Gasteiger partial charge < -0.3 is 19.5 Å². The number of dihydropyridines is 1. The lowest BCUT2D eigenvalue weighted by molar-refractivity contribution is -0.138. The summed E-state index contributed by atoms with van der Waals surface area (Å²) in [5, 5.41) is 5.09. The Bertz CT molecular complexity index is 1130. The van der Waals surface area contributed by atoms with Crippen molar-refractivity contribution in [3.63, 3.8) is 0 Å². The van der Waals surface area contributed by atoms with Crippen molar-refractivity contribution in [3.8, 4) is 11.5 Å². The summed E-state index contributed by atoms with van der Waals surface area (Å²) in [6, 6.07) is 9.57. The number of rotatable bonds is 5. The number of carbonyl (C=O) groups excluding carboxylic acids is 2. The number of carbonyl (C=O) groups is 2. The first kappa shape index (κ1) is 21.0. The Kier molecular flexibility index (Phi) is 5.72. The smallest absolute Gasteiger partial charge is 0.336 e. The number of methoxy groups -OCH3 is 2. The zero-order chi connectivity index (χ0) is 22.1. The number of allylic oxidation sites excluding steroid dienone is 3. The number of ketones is 1. The van der Waals surface area contributed by atoms with E-state index in [0.717, 1.165) is 46.3 Å². The van der Waals surface area contributed by atoms with E-state index in [9.17, 15) is 9.59 Å². The highest BCUT2D eigenvalue weighted by Crippen LogP contribution is 2.46. The number of ether oxygens (including phenoxy) is 3. The SMILES string of the molecule is CCOC(=O)C1=C(C)NC2=C(C(=O)CCC2)C1c1ccc(OC)c2ccc(OC)cc12. The Morgan fingerprint density at radius 1 is 1.10 bits per heavy atom. The molecule has 162 valence electrons. The molecule has 1 heterocycles. The third-order valence-electron chi connectivity index (χ3n) is 6.02. The largest absolute Gasteiger partial charge is 0.497 e. The van der Waals surface area contributed by atoms with E-state index >= 15 is 0 Å². The molecule has 1 unspecified atom stereocenters. The van der Waals surface area contributed by atoms with Gasteiger partial charge in [-0.25, -0.2) is 4.79 Å². The normalized spacial score (nSPS) is 18.6. The summed E-state index contributed by atoms with van der Waals surface area (Å²) in [7, 11) is 3.24. The third-order valence-corrected chi connectivity index (χ3v) is 6.02. The van der Waals surface area contributed by atoms with Crippen LogP contribution < -0.4 is 14.8 Å². The van der Waals surface area contributed by atoms with E-state index in [0.29, 0.717) is 23.3 Å². The van der Waals surface area contributed by atoms with Crippen molar-refractivity contribution in [2.24, 2.45) is 0 Å². The van der Waals surface area contributed by atoms with Gasteiger partial charge in [0.25, 0.3) is 0 Å². The van der Waals surface area contributed by atoms with E-state index in [1.165, 1.54) is 0 Å². The van der Waals surface area contributed by atoms with Gasteiger partial charge in [-0.2, -0.15) is 0 Å². The number of nitrogens with one attached hydrogen (secondary N) is 1. The molecular formula is C25H27NO5. The maximum absolute atomic E-state index is 13.1. The highest BCUT2D eigenvalue weighted by molar-refractivity contribution is 6.05. The van der Waals surface area contributed by atoms with Crippen LogP contribution in [0.15, 0.2) is 52.9 Å². The van der Waals surface area contributed by atoms with Gasteiger partial charge in [-0.1, -0.05) is 6.07 Å². The number of esters is 1. The lowest BCUT2D eigenvalue weighted by Crippen LogP contribution is -2.34. The molecule has 2 aromatic carbocycles. The standard InChI is InChI=1S/C25H27NO5/c1-5-31-25(28)22-14(2)26-19-7-6-8-20(27)24(19)23(22)17-11-12-21(30-4)16-10-9-15(29-3)13-18(16)17/h9-13,23,26H,5-8H2,1-4H3. The van der Waals surface area contributed by atoms with Crippen LogP contribution in [-0.4, -0.2) is 32.6 Å². The van der Waals surface area contributed by atoms with Gasteiger partial charge in [-0.3, -0.25) is 4.79 Å². The summed E-state index contributed by atoms with van der Waals surface area (Å²) in [6.07, 6.45) is 2.06. The highest BCUT2D eigenvalue weighted by Gasteiger charge is 2.39. The van der Waals surface area contributed by atoms with E-state index in [1.807, 2.05) is 37.3 Å². The topological polar surface area (TPSA) is 73.9 Å². The second-order valence-corrected chi connectivity index (χ2v) is 7.75. The zero-order valence-electron chi connectivity index (χ0n) is 18.3. The molecule has 0 amide bonds. The molecule has 1 aliphatic carbocycles. The molecule has 1 atom stereocenters. The van der Waals surface area contributed by atoms with Gasteiger partial charge >= 0.3 is 5.97 Å². The van der Waals surface area contributed by atoms with Crippen molar-refractivity contribution in [1.29, 1.82) is 0 Å². The molecule has 0 fully saturated rings. The van der Waals surface area contributed by atoms with Crippen LogP contribution in [0.25, 0.3) is 10.8 Å². The van der Waals surface area contributed by atoms with Gasteiger partial charge in [0.05, 0.1) is 26.4 Å². The molecule has 1 aliphatic heterocycles. The fourth-order valence-corrected chi connectivity index (χ4v) is 4.65. The molecule has 0 bridgehead atoms. The summed E-state index contributed by atoms with van der Waals surface area (Å²) < 4.78 is 16.4. The summed E-state index contributed by atoms with van der Waals surface area (Å²) in [5.41, 5.74) is 3.63. The first-order valence-electron chi connectivity index (χ1n) is 10.6. The Balaban J connectivity index is 2.02. The molecule has 6 nitrogen and oxygen atoms in total. The lowest BCUT2D eigenvalue weighted by atomic mass is 9.74. The summed E-state index contributed by atoms with van der Waals surface area (Å²) in [4.78, 5) is 26.2. The Morgan fingerprint density at radius 3 is 2.61 bits per heavy atom. The van der Waals surface area contributed by atoms with Gasteiger partial charge in [-0.05, 0) is 61.9 Å². The van der Waals surface area contributed by atoms with Crippen LogP contribution in [-0.2, 0) is 14.3 Å². The molecule has 31 heavy (non-hydrogen) atoms. The second kappa shape index (κ2) is 8.46. The van der Waals surface area contributed by atoms with E-state index in [2.05, 4.69) is 5.32 Å². The summed E-state index contributed by atoms with van der Waals surface area (Å²) >= 11 is 0. The van der Waals surface area contributed by atoms with Gasteiger partial charge in [-0.15, -0.1) is 0 Å². The number of benzene rings is 2. The van der Waals surface area contributed by atoms with E-state index in [-0.39, 0.29) is 12.4 Å². The van der Waals surface area contributed by atoms with Crippen LogP contribution in [0.2, 0.25) is 0 Å². The van der Waals surface area contributed by atoms with Crippen LogP contribution in [0.3, 0.4) is 0 Å². The molecule has 6 heteroatoms. The highest BCUT2D eigenvalue weighted by atomic mass is 16.5. The average Bonchev–Trinajstić information content (AvgIpc) is 2.77. The molecule has 0 saturated heterocycles. The number of hydrogen-bond acceptors (Lipinski definition) is 6. The van der Waals surface area contributed by atoms with Crippen LogP contribution in [0.4, 0.5) is 0 Å². The minimum Gasteiger partial charge on any atom is -0.497 e. The van der Waals surface area contributed by atoms with Crippen LogP contribution in [0.1, 0.15) is 44.6 Å². The van der Waals surface area contributed by atoms with E-state index in [1.54, 1.807) is 21.1 Å². The predicted molar refractivity (Wildman–Crippen MR) is 118 cm³/mol. The third kappa shape index (κ3) is 3.56. The van der Waals surface area contributed by atoms with Crippen molar-refractivity contribution in [1.82, 2.24) is 5.32 Å². The zero-order valence-corrected chi connectivity index (χ0v) is 18.3. The number of Topliss-reactive ketones (excluding diaryl/α,β-unsaturated/α-hetero) is 1. The predicted octanol–water partition coefficient (Wildman–Crippen LogP) is 4.39. The van der Waals surface area contributed by atoms with Crippen molar-refractivity contribution in [2.75, 3.05) is 20.8 Å². The molecule has 0 aromatic heterocycles. The van der Waals surface area contributed by atoms with Crippen molar-refractivity contribution in [3.05, 3.63) is 58.4 Å². The van der Waals surface area contributed by atoms with Crippen molar-refractivity contribution >= 4 is 22.5 Å². The molecule has 1 N–H and O–H groups in total. The minimum atomic E-state index is -0.511. The molecular weight excluding hydrogens is 394 g/mol. The maximum Gasteiger partial charge on any atom is 0.336 e. The molecule has 0 saturated carbocycles. The van der Waals surface area contributed by atoms with Crippen LogP contribution in [0.5, 0.6) is 11.5 Å². The van der Waals surface area contributed by atoms with Gasteiger partial charge in [0.1, 0.15) is 11.5 Å². The molecule has 0 radical (unpaired) electrons. The van der Waals surface area contributed by atoms with Gasteiger partial charge in [0.2, 0.25) is 0 Å². The van der Waals surface area contributed by atoms with E-state index in [4.69, 9.17) is 14.2 Å². The van der Waals surface area contributed by atoms with Crippen LogP contribution >= 0.6 is 0 Å². The van der Waals surface area contributed by atoms with Crippen molar-refractivity contribution in [2.45, 2.75) is 39.0 Å². The van der Waals surface area contributed by atoms with E-state index < -0.39 is 11.9 Å². The molecule has 0 spiro atoms. The van der Waals surface area contributed by atoms with Gasteiger partial charge in [0, 0.05) is 34.7 Å². The fraction of sp³-hybridized carbons (Fsp3) is 0.360. The first-order chi connectivity index (χ1) is 15.0. The van der Waals surface area contributed by atoms with Gasteiger partial charge in [0.15, 0.2) is 5.78 Å². The molecule has 2 aromatic rings. The summed E-state index contributed by atoms with van der Waals surface area (Å²) in [6.45, 7) is 3.91. The first-order valence-corrected chi connectivity index (χ1v) is 10.6. The quantitative estimate of drug-likeness (QED) is 0.722. The van der Waals surface area contributed by atoms with Crippen molar-refractivity contribution < 1.29 is 23.8 Å². The fourth-order valence-electron chi connectivity index (χ4n) is 4.65. The lowest BCUT2D eigenvalue weighted by Gasteiger charge is -2.34. The average molecular weight is 421 g/mol. The number of hydrogen-bond donors (Lipinski definition) is 1. The minimum absolute atomic E-state index is 0.0694. The maximum atomic E-state index is 13.1. The Hall–Kier alpha value is -3.28. The Morgan fingerprint density at radius 2 is 1.90 bits per heavy atom.